The number of nitrogens with one attached hydrogen (secondary N) is 2. The Labute approximate surface area is 258 Å². The Morgan fingerprint density at radius 2 is 1.43 bits per heavy atom. The first-order valence-electron chi connectivity index (χ1n) is 14.7. The molecule has 9 rings (SSSR count). The third-order valence-corrected chi connectivity index (χ3v) is 9.62. The number of fused-ring (bicyclic) bond motifs is 6. The molecule has 0 spiro atoms. The van der Waals surface area contributed by atoms with Gasteiger partial charge in [0, 0.05) is 42.2 Å². The first kappa shape index (κ1) is 25.1. The van der Waals surface area contributed by atoms with Gasteiger partial charge in [-0.1, -0.05) is 115 Å². The lowest BCUT2D eigenvalue weighted by Crippen LogP contribution is -2.33. The molecule has 2 aliphatic rings. The summed E-state index contributed by atoms with van der Waals surface area (Å²) < 4.78 is 9.07. The van der Waals surface area contributed by atoms with Crippen LogP contribution in [0.5, 0.6) is 5.75 Å². The van der Waals surface area contributed by atoms with E-state index < -0.39 is 0 Å². The third-order valence-electron chi connectivity index (χ3n) is 8.38. The Balaban J connectivity index is 1.09. The van der Waals surface area contributed by atoms with Crippen LogP contribution in [0.25, 0.3) is 30.9 Å². The van der Waals surface area contributed by atoms with Crippen LogP contribution >= 0.6 is 11.3 Å². The highest BCUT2D eigenvalue weighted by molar-refractivity contribution is 7.26. The van der Waals surface area contributed by atoms with Crippen LogP contribution in [0.4, 0.5) is 5.69 Å². The molecule has 0 saturated heterocycles. The summed E-state index contributed by atoms with van der Waals surface area (Å²) in [5.74, 6) is 2.38. The van der Waals surface area contributed by atoms with Crippen LogP contribution < -0.4 is 15.4 Å². The van der Waals surface area contributed by atoms with Gasteiger partial charge in [0.2, 0.25) is 0 Å². The van der Waals surface area contributed by atoms with Crippen LogP contribution in [0, 0.1) is 0 Å². The van der Waals surface area contributed by atoms with E-state index >= 15 is 0 Å². The van der Waals surface area contributed by atoms with Gasteiger partial charge >= 0.3 is 0 Å². The molecule has 5 nitrogen and oxygen atoms in total. The van der Waals surface area contributed by atoms with Crippen LogP contribution in [-0.4, -0.2) is 11.7 Å². The summed E-state index contributed by atoms with van der Waals surface area (Å²) in [7, 11) is 0. The second-order valence-electron chi connectivity index (χ2n) is 11.1. The SMILES string of the molecule is c1ccc(C2=NC(c3ccc4c5c(ccc4c3)OC(c3cccc4c3sc3ccccc34)N5)=NC(c3ccccc3)N2)cc1. The lowest BCUT2D eigenvalue weighted by Gasteiger charge is -2.23. The maximum absolute atomic E-state index is 6.52. The summed E-state index contributed by atoms with van der Waals surface area (Å²) in [6.07, 6.45) is -0.493. The molecule has 44 heavy (non-hydrogen) atoms. The largest absolute Gasteiger partial charge is 0.464 e. The van der Waals surface area contributed by atoms with E-state index in [1.165, 1.54) is 20.2 Å². The van der Waals surface area contributed by atoms with Crippen LogP contribution in [0.15, 0.2) is 143 Å². The number of thiophene rings is 1. The molecule has 0 radical (unpaired) electrons. The smallest absolute Gasteiger partial charge is 0.198 e. The molecule has 0 fully saturated rings. The molecule has 210 valence electrons. The number of amidine groups is 2. The predicted octanol–water partition coefficient (Wildman–Crippen LogP) is 9.21. The van der Waals surface area contributed by atoms with Crippen molar-refractivity contribution in [2.45, 2.75) is 12.4 Å². The van der Waals surface area contributed by atoms with Crippen LogP contribution in [0.2, 0.25) is 0 Å². The van der Waals surface area contributed by atoms with Crippen LogP contribution in [0.3, 0.4) is 0 Å². The zero-order chi connectivity index (χ0) is 29.0. The molecule has 2 atom stereocenters. The minimum absolute atomic E-state index is 0.234. The standard InChI is InChI=1S/C38H26N4OS/c1-3-10-23(11-4-1)35-40-36(24-12-5-2-6-13-24)42-37(41-35)26-18-20-27-25(22-26)19-21-31-33(27)39-38(43-31)30-16-9-15-29-28-14-7-8-17-32(28)44-34(29)30/h1-22,35,38-39H,(H,40,41,42). The van der Waals surface area contributed by atoms with E-state index in [4.69, 9.17) is 14.7 Å². The minimum Gasteiger partial charge on any atom is -0.464 e. The molecule has 0 amide bonds. The number of nitrogens with zero attached hydrogens (tertiary/aromatic N) is 2. The number of anilines is 1. The lowest BCUT2D eigenvalue weighted by molar-refractivity contribution is 0.261. The summed E-state index contributed by atoms with van der Waals surface area (Å²) in [5.41, 5.74) is 5.26. The molecular weight excluding hydrogens is 561 g/mol. The monoisotopic (exact) mass is 586 g/mol. The van der Waals surface area contributed by atoms with Gasteiger partial charge in [-0.25, -0.2) is 9.98 Å². The molecule has 1 aromatic heterocycles. The fourth-order valence-corrected chi connectivity index (χ4v) is 7.46. The third kappa shape index (κ3) is 4.14. The van der Waals surface area contributed by atoms with Crippen molar-refractivity contribution < 1.29 is 4.74 Å². The number of hydrogen-bond donors (Lipinski definition) is 2. The fraction of sp³-hybridized carbons (Fsp3) is 0.0526. The molecule has 7 aromatic rings. The van der Waals surface area contributed by atoms with Crippen LogP contribution in [0.1, 0.15) is 34.6 Å². The summed E-state index contributed by atoms with van der Waals surface area (Å²) in [6.45, 7) is 0. The second kappa shape index (κ2) is 10.1. The quantitative estimate of drug-likeness (QED) is 0.216. The van der Waals surface area contributed by atoms with Crippen molar-refractivity contribution in [1.82, 2.24) is 5.32 Å². The summed E-state index contributed by atoms with van der Waals surface area (Å²) in [6, 6.07) is 46.2. The molecule has 2 aliphatic heterocycles. The molecule has 2 unspecified atom stereocenters. The van der Waals surface area contributed by atoms with Gasteiger partial charge in [-0.15, -0.1) is 11.3 Å². The van der Waals surface area contributed by atoms with Crippen molar-refractivity contribution in [2.24, 2.45) is 9.98 Å². The number of benzene rings is 6. The van der Waals surface area contributed by atoms with Gasteiger partial charge in [-0.2, -0.15) is 0 Å². The molecule has 2 N–H and O–H groups in total. The van der Waals surface area contributed by atoms with Gasteiger partial charge in [-0.05, 0) is 29.1 Å². The van der Waals surface area contributed by atoms with E-state index in [1.807, 2.05) is 47.7 Å². The highest BCUT2D eigenvalue weighted by Crippen LogP contribution is 2.46. The summed E-state index contributed by atoms with van der Waals surface area (Å²) >= 11 is 1.82. The Kier molecular flexibility index (Phi) is 5.74. The number of hydrogen-bond acceptors (Lipinski definition) is 6. The zero-order valence-corrected chi connectivity index (χ0v) is 24.4. The molecular formula is C38H26N4OS. The highest BCUT2D eigenvalue weighted by atomic mass is 32.1. The molecule has 6 heteroatoms. The van der Waals surface area contributed by atoms with Gasteiger partial charge in [0.25, 0.3) is 0 Å². The van der Waals surface area contributed by atoms with Crippen molar-refractivity contribution >= 4 is 59.6 Å². The number of aliphatic imine (C=N–C) groups is 2. The van der Waals surface area contributed by atoms with E-state index in [0.29, 0.717) is 5.84 Å². The van der Waals surface area contributed by atoms with Crippen molar-refractivity contribution in [3.05, 3.63) is 156 Å². The molecule has 0 aliphatic carbocycles. The summed E-state index contributed by atoms with van der Waals surface area (Å²) in [4.78, 5) is 10.0. The van der Waals surface area contributed by atoms with E-state index in [9.17, 15) is 0 Å². The molecule has 0 saturated carbocycles. The normalized spacial score (nSPS) is 17.5. The Morgan fingerprint density at radius 1 is 0.636 bits per heavy atom. The summed E-state index contributed by atoms with van der Waals surface area (Å²) in [5, 5.41) is 12.0. The average molecular weight is 587 g/mol. The highest BCUT2D eigenvalue weighted by Gasteiger charge is 2.28. The predicted molar refractivity (Wildman–Crippen MR) is 182 cm³/mol. The molecule has 6 aromatic carbocycles. The van der Waals surface area contributed by atoms with Crippen molar-refractivity contribution in [3.63, 3.8) is 0 Å². The fourth-order valence-electron chi connectivity index (χ4n) is 6.23. The average Bonchev–Trinajstić information content (AvgIpc) is 3.71. The Bertz CT molecular complexity index is 2270. The molecule has 3 heterocycles. The zero-order valence-electron chi connectivity index (χ0n) is 23.6. The van der Waals surface area contributed by atoms with Gasteiger partial charge < -0.3 is 15.4 Å². The Hall–Kier alpha value is -5.46. The Morgan fingerprint density at radius 3 is 2.32 bits per heavy atom. The van der Waals surface area contributed by atoms with E-state index in [0.717, 1.165) is 50.3 Å². The van der Waals surface area contributed by atoms with Crippen molar-refractivity contribution in [2.75, 3.05) is 5.32 Å². The van der Waals surface area contributed by atoms with Gasteiger partial charge in [0.05, 0.1) is 5.69 Å². The maximum Gasteiger partial charge on any atom is 0.198 e. The van der Waals surface area contributed by atoms with Crippen molar-refractivity contribution in [3.8, 4) is 5.75 Å². The number of rotatable bonds is 4. The van der Waals surface area contributed by atoms with Crippen LogP contribution in [-0.2, 0) is 0 Å². The van der Waals surface area contributed by atoms with Gasteiger partial charge in [-0.3, -0.25) is 0 Å². The van der Waals surface area contributed by atoms with E-state index in [1.54, 1.807) is 0 Å². The first-order valence-corrected chi connectivity index (χ1v) is 15.5. The lowest BCUT2D eigenvalue weighted by atomic mass is 10.0. The van der Waals surface area contributed by atoms with Gasteiger partial charge in [0.15, 0.2) is 12.1 Å². The van der Waals surface area contributed by atoms with E-state index in [-0.39, 0.29) is 12.4 Å². The van der Waals surface area contributed by atoms with Gasteiger partial charge in [0.1, 0.15) is 17.8 Å². The van der Waals surface area contributed by atoms with E-state index in [2.05, 4.69) is 108 Å². The minimum atomic E-state index is -0.259. The topological polar surface area (TPSA) is 58.0 Å². The number of ether oxygens (including phenoxy) is 1. The molecule has 0 bridgehead atoms. The second-order valence-corrected chi connectivity index (χ2v) is 12.1. The maximum atomic E-state index is 6.52. The first-order chi connectivity index (χ1) is 21.8. The van der Waals surface area contributed by atoms with Crippen molar-refractivity contribution in [1.29, 1.82) is 0 Å².